The minimum Gasteiger partial charge on any atom is -0.454 e. The third kappa shape index (κ3) is 3.47. The van der Waals surface area contributed by atoms with Gasteiger partial charge in [0.2, 0.25) is 6.79 Å². The number of amides is 2. The molecule has 6 rings (SSSR count). The number of urea groups is 1. The summed E-state index contributed by atoms with van der Waals surface area (Å²) in [5.41, 5.74) is 5.22. The van der Waals surface area contributed by atoms with Crippen molar-refractivity contribution in [3.8, 4) is 11.5 Å². The molecule has 0 aliphatic carbocycles. The van der Waals surface area contributed by atoms with Crippen molar-refractivity contribution in [1.82, 2.24) is 15.2 Å². The van der Waals surface area contributed by atoms with Gasteiger partial charge in [-0.25, -0.2) is 4.79 Å². The molecule has 1 unspecified atom stereocenters. The number of para-hydroxylation sites is 1. The average Bonchev–Trinajstić information content (AvgIpc) is 3.46. The fourth-order valence-corrected chi connectivity index (χ4v) is 5.01. The molecule has 0 spiro atoms. The van der Waals surface area contributed by atoms with Gasteiger partial charge in [-0.05, 0) is 47.4 Å². The first kappa shape index (κ1) is 20.0. The predicted molar refractivity (Wildman–Crippen MR) is 127 cm³/mol. The van der Waals surface area contributed by atoms with Gasteiger partial charge in [0.05, 0.1) is 6.04 Å². The third-order valence-corrected chi connectivity index (χ3v) is 6.76. The van der Waals surface area contributed by atoms with E-state index >= 15 is 0 Å². The lowest BCUT2D eigenvalue weighted by Gasteiger charge is -2.36. The molecular weight excluding hydrogens is 438 g/mol. The number of H-pyrrole nitrogens is 1. The van der Waals surface area contributed by atoms with Crippen molar-refractivity contribution in [3.05, 3.63) is 94.1 Å². The van der Waals surface area contributed by atoms with Crippen molar-refractivity contribution >= 4 is 28.5 Å². The number of hydrogen-bond acceptors (Lipinski definition) is 3. The zero-order valence-electron chi connectivity index (χ0n) is 17.8. The molecule has 2 aliphatic heterocycles. The van der Waals surface area contributed by atoms with Crippen LogP contribution in [0.2, 0.25) is 5.02 Å². The van der Waals surface area contributed by atoms with Crippen LogP contribution in [0.3, 0.4) is 0 Å². The van der Waals surface area contributed by atoms with E-state index in [1.807, 2.05) is 53.4 Å². The Morgan fingerprint density at radius 1 is 1.06 bits per heavy atom. The number of ether oxygens (including phenoxy) is 2. The molecule has 3 aromatic carbocycles. The molecule has 4 aromatic rings. The summed E-state index contributed by atoms with van der Waals surface area (Å²) in [6.45, 7) is 1.17. The van der Waals surface area contributed by atoms with E-state index in [-0.39, 0.29) is 18.9 Å². The second-order valence-electron chi connectivity index (χ2n) is 8.27. The first-order chi connectivity index (χ1) is 16.2. The number of aromatic nitrogens is 1. The third-order valence-electron chi connectivity index (χ3n) is 6.40. The molecule has 0 bridgehead atoms. The summed E-state index contributed by atoms with van der Waals surface area (Å²) in [6, 6.07) is 21.3. The lowest BCUT2D eigenvalue weighted by Crippen LogP contribution is -2.45. The molecule has 33 heavy (non-hydrogen) atoms. The summed E-state index contributed by atoms with van der Waals surface area (Å²) in [4.78, 5) is 18.9. The Kier molecular flexibility index (Phi) is 4.88. The normalized spacial score (nSPS) is 16.6. The zero-order chi connectivity index (χ0) is 22.4. The zero-order valence-corrected chi connectivity index (χ0v) is 18.6. The van der Waals surface area contributed by atoms with Crippen molar-refractivity contribution in [2.75, 3.05) is 13.3 Å². The van der Waals surface area contributed by atoms with E-state index < -0.39 is 0 Å². The standard InChI is InChI=1S/C26H22ClN3O3/c27-20-7-3-1-5-17(20)14-28-26(31)30-12-11-19-18-6-2-4-8-21(18)29-24(19)25(30)16-9-10-22-23(13-16)33-15-32-22/h1-10,13,25,29H,11-12,14-15H2,(H,28,31). The van der Waals surface area contributed by atoms with Gasteiger partial charge in [-0.1, -0.05) is 54.1 Å². The molecule has 2 amide bonds. The maximum atomic E-state index is 13.4. The van der Waals surface area contributed by atoms with E-state index in [4.69, 9.17) is 21.1 Å². The van der Waals surface area contributed by atoms with Crippen LogP contribution in [0.1, 0.15) is 28.4 Å². The minimum absolute atomic E-state index is 0.137. The molecular formula is C26H22ClN3O3. The molecule has 2 N–H and O–H groups in total. The molecule has 3 heterocycles. The van der Waals surface area contributed by atoms with Gasteiger partial charge >= 0.3 is 6.03 Å². The van der Waals surface area contributed by atoms with Crippen molar-refractivity contribution in [3.63, 3.8) is 0 Å². The molecule has 1 atom stereocenters. The van der Waals surface area contributed by atoms with Crippen LogP contribution in [-0.4, -0.2) is 29.3 Å². The summed E-state index contributed by atoms with van der Waals surface area (Å²) in [5, 5.41) is 4.90. The molecule has 6 nitrogen and oxygen atoms in total. The van der Waals surface area contributed by atoms with E-state index in [2.05, 4.69) is 28.5 Å². The van der Waals surface area contributed by atoms with Crippen molar-refractivity contribution < 1.29 is 14.3 Å². The quantitative estimate of drug-likeness (QED) is 0.430. The smallest absolute Gasteiger partial charge is 0.318 e. The summed E-state index contributed by atoms with van der Waals surface area (Å²) in [6.07, 6.45) is 0.778. The van der Waals surface area contributed by atoms with Crippen molar-refractivity contribution in [2.24, 2.45) is 0 Å². The molecule has 0 fully saturated rings. The van der Waals surface area contributed by atoms with Gasteiger partial charge in [0, 0.05) is 34.7 Å². The molecule has 2 aliphatic rings. The van der Waals surface area contributed by atoms with Crippen molar-refractivity contribution in [2.45, 2.75) is 19.0 Å². The highest BCUT2D eigenvalue weighted by Crippen LogP contribution is 2.42. The Hall–Kier alpha value is -3.64. The summed E-state index contributed by atoms with van der Waals surface area (Å²) in [5.74, 6) is 1.42. The van der Waals surface area contributed by atoms with Gasteiger partial charge in [-0.15, -0.1) is 0 Å². The van der Waals surface area contributed by atoms with Crippen LogP contribution in [-0.2, 0) is 13.0 Å². The van der Waals surface area contributed by atoms with Crippen LogP contribution < -0.4 is 14.8 Å². The summed E-state index contributed by atoms with van der Waals surface area (Å²) >= 11 is 6.29. The average molecular weight is 460 g/mol. The van der Waals surface area contributed by atoms with Gasteiger partial charge in [0.25, 0.3) is 0 Å². The lowest BCUT2D eigenvalue weighted by atomic mass is 9.92. The van der Waals surface area contributed by atoms with Gasteiger partial charge < -0.3 is 24.7 Å². The molecule has 0 saturated carbocycles. The minimum atomic E-state index is -0.276. The Morgan fingerprint density at radius 2 is 1.88 bits per heavy atom. The first-order valence-electron chi connectivity index (χ1n) is 11.0. The van der Waals surface area contributed by atoms with Crippen LogP contribution in [0.25, 0.3) is 10.9 Å². The SMILES string of the molecule is O=C(NCc1ccccc1Cl)N1CCc2c([nH]c3ccccc23)C1c1ccc2c(c1)OCO2. The van der Waals surface area contributed by atoms with Crippen LogP contribution in [0.4, 0.5) is 4.79 Å². The number of fused-ring (bicyclic) bond motifs is 4. The van der Waals surface area contributed by atoms with Crippen molar-refractivity contribution in [1.29, 1.82) is 0 Å². The van der Waals surface area contributed by atoms with E-state index in [1.165, 1.54) is 10.9 Å². The maximum Gasteiger partial charge on any atom is 0.318 e. The van der Waals surface area contributed by atoms with Gasteiger partial charge in [-0.2, -0.15) is 0 Å². The summed E-state index contributed by atoms with van der Waals surface area (Å²) < 4.78 is 11.1. The fraction of sp³-hybridized carbons (Fsp3) is 0.192. The van der Waals surface area contributed by atoms with Crippen LogP contribution in [0, 0.1) is 0 Å². The van der Waals surface area contributed by atoms with Crippen LogP contribution in [0.5, 0.6) is 11.5 Å². The predicted octanol–water partition coefficient (Wildman–Crippen LogP) is 5.41. The van der Waals surface area contributed by atoms with E-state index in [0.29, 0.717) is 23.9 Å². The van der Waals surface area contributed by atoms with Gasteiger partial charge in [0.15, 0.2) is 11.5 Å². The number of carbonyl (C=O) groups excluding carboxylic acids is 1. The van der Waals surface area contributed by atoms with E-state index in [9.17, 15) is 4.79 Å². The van der Waals surface area contributed by atoms with Crippen LogP contribution >= 0.6 is 11.6 Å². The highest BCUT2D eigenvalue weighted by Gasteiger charge is 2.35. The second kappa shape index (κ2) is 8.05. The number of benzene rings is 3. The number of nitrogens with zero attached hydrogens (tertiary/aromatic N) is 1. The Balaban J connectivity index is 1.38. The molecule has 7 heteroatoms. The highest BCUT2D eigenvalue weighted by molar-refractivity contribution is 6.31. The monoisotopic (exact) mass is 459 g/mol. The van der Waals surface area contributed by atoms with Gasteiger partial charge in [0.1, 0.15) is 0 Å². The Morgan fingerprint density at radius 3 is 2.79 bits per heavy atom. The lowest BCUT2D eigenvalue weighted by molar-refractivity contribution is 0.173. The van der Waals surface area contributed by atoms with Crippen LogP contribution in [0.15, 0.2) is 66.7 Å². The Bertz CT molecular complexity index is 1370. The topological polar surface area (TPSA) is 66.6 Å². The Labute approximate surface area is 196 Å². The number of aromatic amines is 1. The number of rotatable bonds is 3. The number of halogens is 1. The second-order valence-corrected chi connectivity index (χ2v) is 8.68. The molecule has 166 valence electrons. The fourth-order valence-electron chi connectivity index (χ4n) is 4.80. The number of carbonyl (C=O) groups is 1. The summed E-state index contributed by atoms with van der Waals surface area (Å²) in [7, 11) is 0. The first-order valence-corrected chi connectivity index (χ1v) is 11.3. The number of nitrogens with one attached hydrogen (secondary N) is 2. The highest BCUT2D eigenvalue weighted by atomic mass is 35.5. The number of hydrogen-bond donors (Lipinski definition) is 2. The van der Waals surface area contributed by atoms with E-state index in [0.717, 1.165) is 34.5 Å². The molecule has 1 aromatic heterocycles. The molecule has 0 saturated heterocycles. The largest absolute Gasteiger partial charge is 0.454 e. The van der Waals surface area contributed by atoms with E-state index in [1.54, 1.807) is 0 Å². The van der Waals surface area contributed by atoms with Gasteiger partial charge in [-0.3, -0.25) is 0 Å². The maximum absolute atomic E-state index is 13.4. The molecule has 0 radical (unpaired) electrons.